The second kappa shape index (κ2) is 15.7. The normalized spacial score (nSPS) is 10.9. The molecule has 0 aromatic heterocycles. The van der Waals surface area contributed by atoms with Gasteiger partial charge in [0.2, 0.25) is 0 Å². The molecule has 0 saturated carbocycles. The second-order valence-electron chi connectivity index (χ2n) is 8.32. The van der Waals surface area contributed by atoms with Crippen LogP contribution in [-0.2, 0) is 4.84 Å². The average Bonchev–Trinajstić information content (AvgIpc) is 2.80. The van der Waals surface area contributed by atoms with Crippen molar-refractivity contribution >= 4 is 28.9 Å². The Bertz CT molecular complexity index is 782. The lowest BCUT2D eigenvalue weighted by Gasteiger charge is -2.25. The van der Waals surface area contributed by atoms with Gasteiger partial charge in [-0.25, -0.2) is 9.86 Å². The largest absolute Gasteiger partial charge is 0.478 e. The van der Waals surface area contributed by atoms with Gasteiger partial charge in [0.25, 0.3) is 0 Å². The number of nitrogens with zero attached hydrogens (tertiary/aromatic N) is 1. The number of carboxylic acids is 1. The van der Waals surface area contributed by atoms with E-state index in [9.17, 15) is 9.90 Å². The summed E-state index contributed by atoms with van der Waals surface area (Å²) < 4.78 is 0. The van der Waals surface area contributed by atoms with Crippen LogP contribution in [0.15, 0.2) is 48.5 Å². The Morgan fingerprint density at radius 1 is 0.844 bits per heavy atom. The first kappa shape index (κ1) is 26.2. The predicted octanol–water partition coefficient (Wildman–Crippen LogP) is 8.81. The van der Waals surface area contributed by atoms with Gasteiger partial charge in [-0.05, 0) is 36.8 Å². The first-order valence-corrected chi connectivity index (χ1v) is 12.5. The first-order valence-electron chi connectivity index (χ1n) is 12.1. The van der Waals surface area contributed by atoms with E-state index in [1.807, 2.05) is 30.3 Å². The van der Waals surface area contributed by atoms with Crippen molar-refractivity contribution in [1.29, 1.82) is 0 Å². The lowest BCUT2D eigenvalue weighted by Crippen LogP contribution is -2.19. The Balaban J connectivity index is 1.73. The maximum atomic E-state index is 11.2. The summed E-state index contributed by atoms with van der Waals surface area (Å²) in [6.45, 7) is 2.85. The molecule has 0 saturated heterocycles. The number of halogens is 1. The fourth-order valence-electron chi connectivity index (χ4n) is 3.75. The van der Waals surface area contributed by atoms with Gasteiger partial charge in [-0.1, -0.05) is 107 Å². The van der Waals surface area contributed by atoms with Crippen molar-refractivity contribution in [3.63, 3.8) is 0 Å². The number of para-hydroxylation sites is 1. The number of benzene rings is 2. The van der Waals surface area contributed by atoms with Crippen molar-refractivity contribution < 1.29 is 14.7 Å². The van der Waals surface area contributed by atoms with Crippen molar-refractivity contribution in [2.75, 3.05) is 11.7 Å². The number of aromatic carboxylic acids is 1. The van der Waals surface area contributed by atoms with Gasteiger partial charge in [-0.15, -0.1) is 0 Å². The number of anilines is 2. The Morgan fingerprint density at radius 2 is 1.41 bits per heavy atom. The molecule has 0 bridgehead atoms. The maximum Gasteiger partial charge on any atom is 0.335 e. The molecule has 0 spiro atoms. The van der Waals surface area contributed by atoms with Gasteiger partial charge in [-0.3, -0.25) is 4.84 Å². The monoisotopic (exact) mass is 459 g/mol. The molecule has 0 fully saturated rings. The molecule has 2 aromatic carbocycles. The Labute approximate surface area is 198 Å². The molecule has 0 heterocycles. The fraction of sp³-hybridized carbons (Fsp3) is 0.519. The van der Waals surface area contributed by atoms with Crippen molar-refractivity contribution in [2.45, 2.75) is 84.0 Å². The molecule has 0 aliphatic carbocycles. The van der Waals surface area contributed by atoms with Crippen LogP contribution >= 0.6 is 11.6 Å². The minimum Gasteiger partial charge on any atom is -0.478 e. The second-order valence-corrected chi connectivity index (χ2v) is 8.73. The molecule has 1 N–H and O–H groups in total. The highest BCUT2D eigenvalue weighted by molar-refractivity contribution is 6.33. The third-order valence-electron chi connectivity index (χ3n) is 5.62. The molecule has 0 atom stereocenters. The summed E-state index contributed by atoms with van der Waals surface area (Å²) >= 11 is 6.39. The molecule has 4 nitrogen and oxygen atoms in total. The standard InChI is InChI=1S/C27H38ClNO3/c1-2-3-4-5-6-7-8-9-10-11-12-16-21-32-29(24-17-14-13-15-18-24)26-20-19-23(27(30)31)22-25(26)28/h13-15,17-20,22H,2-12,16,21H2,1H3,(H,30,31). The quantitative estimate of drug-likeness (QED) is 0.189. The Morgan fingerprint density at radius 3 is 1.94 bits per heavy atom. The fourth-order valence-corrected chi connectivity index (χ4v) is 4.01. The number of carbonyl (C=O) groups is 1. The number of hydrogen-bond acceptors (Lipinski definition) is 3. The molecular weight excluding hydrogens is 422 g/mol. The molecule has 2 rings (SSSR count). The third-order valence-corrected chi connectivity index (χ3v) is 5.93. The summed E-state index contributed by atoms with van der Waals surface area (Å²) in [5.74, 6) is -0.998. The van der Waals surface area contributed by atoms with E-state index in [0.29, 0.717) is 17.3 Å². The van der Waals surface area contributed by atoms with Crippen LogP contribution in [0, 0.1) is 0 Å². The molecule has 5 heteroatoms. The molecule has 0 radical (unpaired) electrons. The van der Waals surface area contributed by atoms with Crippen LogP contribution in [0.5, 0.6) is 0 Å². The van der Waals surface area contributed by atoms with Crippen molar-refractivity contribution in [3.8, 4) is 0 Å². The zero-order valence-corrected chi connectivity index (χ0v) is 20.2. The van der Waals surface area contributed by atoms with Crippen LogP contribution in [0.1, 0.15) is 94.3 Å². The van der Waals surface area contributed by atoms with Gasteiger partial charge in [0.1, 0.15) is 0 Å². The number of carboxylic acid groups (broad SMARTS) is 1. The third kappa shape index (κ3) is 9.62. The number of hydrogen-bond donors (Lipinski definition) is 1. The maximum absolute atomic E-state index is 11.2. The molecule has 0 amide bonds. The van der Waals surface area contributed by atoms with Crippen molar-refractivity contribution in [1.82, 2.24) is 0 Å². The summed E-state index contributed by atoms with van der Waals surface area (Å²) in [5.41, 5.74) is 1.66. The van der Waals surface area contributed by atoms with Crippen molar-refractivity contribution in [2.24, 2.45) is 0 Å². The van der Waals surface area contributed by atoms with Crippen LogP contribution in [0.4, 0.5) is 11.4 Å². The van der Waals surface area contributed by atoms with Crippen LogP contribution < -0.4 is 5.06 Å². The Kier molecular flexibility index (Phi) is 12.9. The summed E-state index contributed by atoms with van der Waals surface area (Å²) in [5, 5.41) is 11.2. The highest BCUT2D eigenvalue weighted by Crippen LogP contribution is 2.33. The van der Waals surface area contributed by atoms with E-state index in [1.165, 1.54) is 70.3 Å². The summed E-state index contributed by atoms with van der Waals surface area (Å²) in [6.07, 6.45) is 15.6. The highest BCUT2D eigenvalue weighted by Gasteiger charge is 2.16. The summed E-state index contributed by atoms with van der Waals surface area (Å²) in [7, 11) is 0. The molecule has 0 aliphatic rings. The van der Waals surface area contributed by atoms with E-state index >= 15 is 0 Å². The summed E-state index contributed by atoms with van der Waals surface area (Å²) in [6, 6.07) is 14.4. The van der Waals surface area contributed by atoms with Gasteiger partial charge < -0.3 is 5.11 Å². The number of rotatable bonds is 17. The summed E-state index contributed by atoms with van der Waals surface area (Å²) in [4.78, 5) is 17.3. The van der Waals surface area contributed by atoms with Crippen LogP contribution in [0.25, 0.3) is 0 Å². The van der Waals surface area contributed by atoms with Gasteiger partial charge >= 0.3 is 5.97 Å². The Hall–Kier alpha value is -2.04. The highest BCUT2D eigenvalue weighted by atomic mass is 35.5. The van der Waals surface area contributed by atoms with E-state index in [-0.39, 0.29) is 5.56 Å². The van der Waals surface area contributed by atoms with E-state index in [1.54, 1.807) is 17.2 Å². The van der Waals surface area contributed by atoms with Gasteiger partial charge in [0, 0.05) is 0 Å². The lowest BCUT2D eigenvalue weighted by atomic mass is 10.1. The average molecular weight is 460 g/mol. The zero-order valence-electron chi connectivity index (χ0n) is 19.4. The van der Waals surface area contributed by atoms with Crippen LogP contribution in [0.3, 0.4) is 0 Å². The minimum absolute atomic E-state index is 0.160. The van der Waals surface area contributed by atoms with E-state index in [4.69, 9.17) is 16.4 Å². The lowest BCUT2D eigenvalue weighted by molar-refractivity contribution is 0.0696. The zero-order chi connectivity index (χ0) is 23.0. The molecule has 0 unspecified atom stereocenters. The molecule has 2 aromatic rings. The van der Waals surface area contributed by atoms with E-state index < -0.39 is 5.97 Å². The van der Waals surface area contributed by atoms with E-state index in [2.05, 4.69) is 6.92 Å². The van der Waals surface area contributed by atoms with Gasteiger partial charge in [0.15, 0.2) is 0 Å². The first-order chi connectivity index (χ1) is 15.6. The van der Waals surface area contributed by atoms with Gasteiger partial charge in [-0.2, -0.15) is 0 Å². The van der Waals surface area contributed by atoms with Crippen LogP contribution in [0.2, 0.25) is 5.02 Å². The molecule has 0 aliphatic heterocycles. The SMILES string of the molecule is CCCCCCCCCCCCCCON(c1ccccc1)c1ccc(C(=O)O)cc1Cl. The molecule has 176 valence electrons. The molecular formula is C27H38ClNO3. The van der Waals surface area contributed by atoms with Gasteiger partial charge in [0.05, 0.1) is 28.6 Å². The van der Waals surface area contributed by atoms with Crippen LogP contribution in [-0.4, -0.2) is 17.7 Å². The molecule has 32 heavy (non-hydrogen) atoms. The number of unbranched alkanes of at least 4 members (excludes halogenated alkanes) is 11. The smallest absolute Gasteiger partial charge is 0.335 e. The van der Waals surface area contributed by atoms with E-state index in [0.717, 1.165) is 18.5 Å². The van der Waals surface area contributed by atoms with Crippen molar-refractivity contribution in [3.05, 3.63) is 59.1 Å². The predicted molar refractivity (Wildman–Crippen MR) is 134 cm³/mol. The minimum atomic E-state index is -0.998. The topological polar surface area (TPSA) is 49.8 Å².